The number of hydrogen-bond acceptors (Lipinski definition) is 5. The first kappa shape index (κ1) is 11.3. The topological polar surface area (TPSA) is 63.8 Å². The zero-order valence-corrected chi connectivity index (χ0v) is 10.6. The van der Waals surface area contributed by atoms with E-state index in [4.69, 9.17) is 9.51 Å². The lowest BCUT2D eigenvalue weighted by Crippen LogP contribution is -2.14. The number of hydrogen-bond donors (Lipinski definition) is 1. The van der Waals surface area contributed by atoms with E-state index in [9.17, 15) is 0 Å². The third-order valence-corrected chi connectivity index (χ3v) is 3.36. The third-order valence-electron chi connectivity index (χ3n) is 3.36. The number of nitrogens with zero attached hydrogens (tertiary/aromatic N) is 3. The molecule has 5 heteroatoms. The van der Waals surface area contributed by atoms with Gasteiger partial charge in [0.15, 0.2) is 0 Å². The number of aromatic nitrogens is 3. The lowest BCUT2D eigenvalue weighted by Gasteiger charge is -2.10. The molecule has 0 bridgehead atoms. The average molecular weight is 244 g/mol. The van der Waals surface area contributed by atoms with E-state index in [1.807, 2.05) is 20.0 Å². The van der Waals surface area contributed by atoms with Gasteiger partial charge < -0.3 is 9.84 Å². The quantitative estimate of drug-likeness (QED) is 0.877. The molecule has 94 valence electrons. The van der Waals surface area contributed by atoms with Crippen molar-refractivity contribution in [2.24, 2.45) is 0 Å². The van der Waals surface area contributed by atoms with Crippen molar-refractivity contribution >= 4 is 0 Å². The predicted molar refractivity (Wildman–Crippen MR) is 67.0 cm³/mol. The van der Waals surface area contributed by atoms with Crippen LogP contribution in [-0.4, -0.2) is 21.7 Å². The predicted octanol–water partition coefficient (Wildman–Crippen LogP) is 2.17. The fourth-order valence-electron chi connectivity index (χ4n) is 2.46. The van der Waals surface area contributed by atoms with Crippen molar-refractivity contribution in [3.8, 4) is 11.3 Å². The Morgan fingerprint density at radius 1 is 1.33 bits per heavy atom. The summed E-state index contributed by atoms with van der Waals surface area (Å²) in [6.07, 6.45) is 5.93. The molecule has 1 N–H and O–H groups in total. The summed E-state index contributed by atoms with van der Waals surface area (Å²) in [5.41, 5.74) is 3.67. The molecule has 1 fully saturated rings. The number of rotatable bonds is 2. The SMILES string of the molecule is Cc1noc(C)c1-c1cncc([C@@H]2CCCN2)n1. The van der Waals surface area contributed by atoms with E-state index in [-0.39, 0.29) is 0 Å². The summed E-state index contributed by atoms with van der Waals surface area (Å²) in [6, 6.07) is 0.331. The van der Waals surface area contributed by atoms with Crippen molar-refractivity contribution in [2.45, 2.75) is 32.7 Å². The Morgan fingerprint density at radius 3 is 2.89 bits per heavy atom. The smallest absolute Gasteiger partial charge is 0.143 e. The molecular formula is C13H16N4O. The first-order valence-electron chi connectivity index (χ1n) is 6.24. The summed E-state index contributed by atoms with van der Waals surface area (Å²) in [4.78, 5) is 8.99. The summed E-state index contributed by atoms with van der Waals surface area (Å²) < 4.78 is 5.18. The normalized spacial score (nSPS) is 19.3. The van der Waals surface area contributed by atoms with E-state index >= 15 is 0 Å². The van der Waals surface area contributed by atoms with E-state index in [1.54, 1.807) is 6.20 Å². The summed E-state index contributed by atoms with van der Waals surface area (Å²) in [5, 5.41) is 7.39. The molecule has 2 aromatic rings. The van der Waals surface area contributed by atoms with Gasteiger partial charge in [0.05, 0.1) is 41.1 Å². The molecule has 0 aromatic carbocycles. The van der Waals surface area contributed by atoms with Crippen molar-refractivity contribution in [1.29, 1.82) is 0 Å². The van der Waals surface area contributed by atoms with Gasteiger partial charge in [0, 0.05) is 0 Å². The van der Waals surface area contributed by atoms with E-state index < -0.39 is 0 Å². The van der Waals surface area contributed by atoms with E-state index in [0.717, 1.165) is 41.4 Å². The minimum absolute atomic E-state index is 0.331. The van der Waals surface area contributed by atoms with Crippen LogP contribution in [0.3, 0.4) is 0 Å². The molecule has 3 heterocycles. The Labute approximate surface area is 106 Å². The van der Waals surface area contributed by atoms with Crippen LogP contribution >= 0.6 is 0 Å². The van der Waals surface area contributed by atoms with Crippen molar-refractivity contribution < 1.29 is 4.52 Å². The summed E-state index contributed by atoms with van der Waals surface area (Å²) in [7, 11) is 0. The van der Waals surface area contributed by atoms with Crippen LogP contribution in [0, 0.1) is 13.8 Å². The third kappa shape index (κ3) is 1.90. The molecule has 1 saturated heterocycles. The van der Waals surface area contributed by atoms with Crippen molar-refractivity contribution in [1.82, 2.24) is 20.4 Å². The second-order valence-corrected chi connectivity index (χ2v) is 4.68. The number of aryl methyl sites for hydroxylation is 2. The van der Waals surface area contributed by atoms with Crippen LogP contribution in [0.5, 0.6) is 0 Å². The Kier molecular flexibility index (Phi) is 2.83. The Balaban J connectivity index is 2.00. The van der Waals surface area contributed by atoms with Crippen LogP contribution in [0.15, 0.2) is 16.9 Å². The van der Waals surface area contributed by atoms with Gasteiger partial charge >= 0.3 is 0 Å². The van der Waals surface area contributed by atoms with Gasteiger partial charge in [0.25, 0.3) is 0 Å². The maximum Gasteiger partial charge on any atom is 0.143 e. The second kappa shape index (κ2) is 4.49. The second-order valence-electron chi connectivity index (χ2n) is 4.68. The van der Waals surface area contributed by atoms with Crippen LogP contribution in [0.1, 0.15) is 36.0 Å². The van der Waals surface area contributed by atoms with Gasteiger partial charge in [-0.1, -0.05) is 5.16 Å². The fraction of sp³-hybridized carbons (Fsp3) is 0.462. The Hall–Kier alpha value is -1.75. The molecule has 3 rings (SSSR count). The van der Waals surface area contributed by atoms with Gasteiger partial charge in [-0.25, -0.2) is 4.98 Å². The molecule has 0 unspecified atom stereocenters. The van der Waals surface area contributed by atoms with Crippen LogP contribution in [0.4, 0.5) is 0 Å². The van der Waals surface area contributed by atoms with Gasteiger partial charge in [-0.05, 0) is 33.2 Å². The molecule has 18 heavy (non-hydrogen) atoms. The van der Waals surface area contributed by atoms with Crippen LogP contribution < -0.4 is 5.32 Å². The monoisotopic (exact) mass is 244 g/mol. The van der Waals surface area contributed by atoms with Crippen molar-refractivity contribution in [2.75, 3.05) is 6.54 Å². The average Bonchev–Trinajstić information content (AvgIpc) is 3.00. The largest absolute Gasteiger partial charge is 0.361 e. The summed E-state index contributed by atoms with van der Waals surface area (Å²) in [5.74, 6) is 0.790. The van der Waals surface area contributed by atoms with Gasteiger partial charge in [-0.2, -0.15) is 0 Å². The van der Waals surface area contributed by atoms with E-state index in [2.05, 4.69) is 15.5 Å². The lowest BCUT2D eigenvalue weighted by molar-refractivity contribution is 0.393. The molecule has 1 atom stereocenters. The van der Waals surface area contributed by atoms with Gasteiger partial charge in [-0.3, -0.25) is 4.98 Å². The molecule has 0 amide bonds. The van der Waals surface area contributed by atoms with Gasteiger partial charge in [0.2, 0.25) is 0 Å². The zero-order chi connectivity index (χ0) is 12.5. The van der Waals surface area contributed by atoms with Crippen molar-refractivity contribution in [3.05, 3.63) is 29.5 Å². The van der Waals surface area contributed by atoms with E-state index in [1.165, 1.54) is 6.42 Å². The molecule has 5 nitrogen and oxygen atoms in total. The first-order valence-corrected chi connectivity index (χ1v) is 6.24. The molecule has 1 aliphatic rings. The summed E-state index contributed by atoms with van der Waals surface area (Å²) in [6.45, 7) is 4.88. The summed E-state index contributed by atoms with van der Waals surface area (Å²) >= 11 is 0. The number of nitrogens with one attached hydrogen (secondary N) is 1. The van der Waals surface area contributed by atoms with Gasteiger partial charge in [-0.15, -0.1) is 0 Å². The Morgan fingerprint density at radius 2 is 2.22 bits per heavy atom. The maximum absolute atomic E-state index is 5.18. The molecular weight excluding hydrogens is 228 g/mol. The van der Waals surface area contributed by atoms with Crippen molar-refractivity contribution in [3.63, 3.8) is 0 Å². The molecule has 0 saturated carbocycles. The maximum atomic E-state index is 5.18. The molecule has 1 aliphatic heterocycles. The Bertz CT molecular complexity index is 538. The van der Waals surface area contributed by atoms with Gasteiger partial charge in [0.1, 0.15) is 5.76 Å². The lowest BCUT2D eigenvalue weighted by atomic mass is 10.1. The highest BCUT2D eigenvalue weighted by atomic mass is 16.5. The molecule has 0 aliphatic carbocycles. The molecule has 2 aromatic heterocycles. The fourth-order valence-corrected chi connectivity index (χ4v) is 2.46. The molecule has 0 spiro atoms. The zero-order valence-electron chi connectivity index (χ0n) is 10.6. The highest BCUT2D eigenvalue weighted by Crippen LogP contribution is 2.27. The minimum atomic E-state index is 0.331. The van der Waals surface area contributed by atoms with Crippen LogP contribution in [0.25, 0.3) is 11.3 Å². The van der Waals surface area contributed by atoms with Crippen LogP contribution in [-0.2, 0) is 0 Å². The minimum Gasteiger partial charge on any atom is -0.361 e. The first-order chi connectivity index (χ1) is 8.75. The molecule has 0 radical (unpaired) electrons. The van der Waals surface area contributed by atoms with Crippen LogP contribution in [0.2, 0.25) is 0 Å². The highest BCUT2D eigenvalue weighted by Gasteiger charge is 2.20. The highest BCUT2D eigenvalue weighted by molar-refractivity contribution is 5.62. The van der Waals surface area contributed by atoms with E-state index in [0.29, 0.717) is 6.04 Å². The standard InChI is InChI=1S/C13H16N4O/c1-8-13(9(2)18-17-8)12-7-14-6-11(16-12)10-4-3-5-15-10/h6-7,10,15H,3-5H2,1-2H3/t10-/m0/s1.